The predicted molar refractivity (Wildman–Crippen MR) is 79.0 cm³/mol. The van der Waals surface area contributed by atoms with E-state index in [9.17, 15) is 9.59 Å². The zero-order valence-corrected chi connectivity index (χ0v) is 11.7. The van der Waals surface area contributed by atoms with Crippen LogP contribution in [-0.4, -0.2) is 33.6 Å². The van der Waals surface area contributed by atoms with Crippen molar-refractivity contribution < 1.29 is 14.3 Å². The summed E-state index contributed by atoms with van der Waals surface area (Å²) in [4.78, 5) is 31.6. The number of carbonyl (C=O) groups excluding carboxylic acids is 2. The van der Waals surface area contributed by atoms with E-state index in [0.717, 1.165) is 11.0 Å². The van der Waals surface area contributed by atoms with Gasteiger partial charge in [0.25, 0.3) is 5.91 Å². The second-order valence-electron chi connectivity index (χ2n) is 4.47. The summed E-state index contributed by atoms with van der Waals surface area (Å²) in [6, 6.07) is 10.4. The molecule has 0 unspecified atom stereocenters. The molecule has 110 valence electrons. The standard InChI is InChI=1S/C15H12N4O3/c1-22-15(21)10-6-7-12(16-8-10)14(20)18-19-9-17-11-4-2-3-5-13(11)19/h2-9H,1H3,(H,18,20). The maximum Gasteiger partial charge on any atom is 0.339 e. The Bertz CT molecular complexity index is 839. The van der Waals surface area contributed by atoms with Gasteiger partial charge in [-0.05, 0) is 24.3 Å². The van der Waals surface area contributed by atoms with E-state index < -0.39 is 11.9 Å². The van der Waals surface area contributed by atoms with Crippen molar-refractivity contribution in [3.05, 3.63) is 60.2 Å². The summed E-state index contributed by atoms with van der Waals surface area (Å²) < 4.78 is 6.10. The Kier molecular flexibility index (Phi) is 3.53. The number of methoxy groups -OCH3 is 1. The van der Waals surface area contributed by atoms with Crippen LogP contribution in [0.5, 0.6) is 0 Å². The largest absolute Gasteiger partial charge is 0.465 e. The molecule has 2 heterocycles. The molecule has 0 fully saturated rings. The number of esters is 1. The molecule has 0 saturated heterocycles. The smallest absolute Gasteiger partial charge is 0.339 e. The van der Waals surface area contributed by atoms with Gasteiger partial charge in [0.1, 0.15) is 12.0 Å². The summed E-state index contributed by atoms with van der Waals surface area (Å²) >= 11 is 0. The van der Waals surface area contributed by atoms with Crippen molar-refractivity contribution in [1.82, 2.24) is 14.6 Å². The van der Waals surface area contributed by atoms with E-state index in [2.05, 4.69) is 20.1 Å². The van der Waals surface area contributed by atoms with Crippen molar-refractivity contribution >= 4 is 22.9 Å². The number of rotatable bonds is 3. The highest BCUT2D eigenvalue weighted by atomic mass is 16.5. The Hall–Kier alpha value is -3.22. The number of fused-ring (bicyclic) bond motifs is 1. The molecule has 7 nitrogen and oxygen atoms in total. The molecule has 2 aromatic heterocycles. The van der Waals surface area contributed by atoms with Crippen LogP contribution in [0, 0.1) is 0 Å². The van der Waals surface area contributed by atoms with Gasteiger partial charge in [0, 0.05) is 6.20 Å². The van der Waals surface area contributed by atoms with Crippen molar-refractivity contribution in [1.29, 1.82) is 0 Å². The number of amides is 1. The van der Waals surface area contributed by atoms with Crippen LogP contribution < -0.4 is 5.43 Å². The van der Waals surface area contributed by atoms with Gasteiger partial charge < -0.3 is 4.74 Å². The lowest BCUT2D eigenvalue weighted by atomic mass is 10.2. The maximum absolute atomic E-state index is 12.2. The Balaban J connectivity index is 1.81. The van der Waals surface area contributed by atoms with E-state index in [0.29, 0.717) is 0 Å². The summed E-state index contributed by atoms with van der Waals surface area (Å²) in [5, 5.41) is 0. The zero-order chi connectivity index (χ0) is 15.5. The topological polar surface area (TPSA) is 86.1 Å². The number of imidazole rings is 1. The van der Waals surface area contributed by atoms with Crippen LogP contribution in [0.3, 0.4) is 0 Å². The second kappa shape index (κ2) is 5.65. The Morgan fingerprint density at radius 1 is 1.14 bits per heavy atom. The summed E-state index contributed by atoms with van der Waals surface area (Å²) in [6.45, 7) is 0. The predicted octanol–water partition coefficient (Wildman–Crippen LogP) is 1.60. The van der Waals surface area contributed by atoms with Crippen LogP contribution in [0.1, 0.15) is 20.8 Å². The molecule has 0 aliphatic heterocycles. The molecule has 0 aliphatic carbocycles. The van der Waals surface area contributed by atoms with Crippen LogP contribution in [0.25, 0.3) is 11.0 Å². The van der Waals surface area contributed by atoms with E-state index in [1.807, 2.05) is 24.3 Å². The van der Waals surface area contributed by atoms with Crippen molar-refractivity contribution in [2.24, 2.45) is 0 Å². The molecule has 0 radical (unpaired) electrons. The molecule has 1 aromatic carbocycles. The lowest BCUT2D eigenvalue weighted by Gasteiger charge is -2.06. The summed E-state index contributed by atoms with van der Waals surface area (Å²) in [5.41, 5.74) is 4.70. The molecule has 3 rings (SSSR count). The van der Waals surface area contributed by atoms with Gasteiger partial charge in [0.15, 0.2) is 0 Å². The number of nitrogens with one attached hydrogen (secondary N) is 1. The van der Waals surface area contributed by atoms with Crippen LogP contribution in [-0.2, 0) is 4.74 Å². The average Bonchev–Trinajstić information content (AvgIpc) is 2.97. The van der Waals surface area contributed by atoms with E-state index in [1.54, 1.807) is 0 Å². The quantitative estimate of drug-likeness (QED) is 0.742. The van der Waals surface area contributed by atoms with Crippen LogP contribution in [0.15, 0.2) is 48.9 Å². The molecule has 3 aromatic rings. The van der Waals surface area contributed by atoms with Crippen molar-refractivity contribution in [2.45, 2.75) is 0 Å². The lowest BCUT2D eigenvalue weighted by Crippen LogP contribution is -2.23. The number of hydrogen-bond acceptors (Lipinski definition) is 5. The SMILES string of the molecule is COC(=O)c1ccc(C(=O)Nn2cnc3ccccc32)nc1. The third-order valence-corrected chi connectivity index (χ3v) is 3.09. The maximum atomic E-state index is 12.2. The van der Waals surface area contributed by atoms with Gasteiger partial charge in [0.2, 0.25) is 0 Å². The minimum Gasteiger partial charge on any atom is -0.465 e. The third kappa shape index (κ3) is 2.51. The summed E-state index contributed by atoms with van der Waals surface area (Å²) in [7, 11) is 1.28. The van der Waals surface area contributed by atoms with Crippen molar-refractivity contribution in [3.63, 3.8) is 0 Å². The van der Waals surface area contributed by atoms with Crippen LogP contribution >= 0.6 is 0 Å². The first-order valence-electron chi connectivity index (χ1n) is 6.47. The third-order valence-electron chi connectivity index (χ3n) is 3.09. The number of hydrogen-bond donors (Lipinski definition) is 1. The van der Waals surface area contributed by atoms with Gasteiger partial charge in [-0.3, -0.25) is 15.2 Å². The molecule has 1 N–H and O–H groups in total. The average molecular weight is 296 g/mol. The van der Waals surface area contributed by atoms with E-state index in [4.69, 9.17) is 0 Å². The molecule has 0 bridgehead atoms. The zero-order valence-electron chi connectivity index (χ0n) is 11.7. The summed E-state index contributed by atoms with van der Waals surface area (Å²) in [5.74, 6) is -0.903. The molecule has 7 heteroatoms. The fourth-order valence-corrected chi connectivity index (χ4v) is 1.98. The van der Waals surface area contributed by atoms with Crippen molar-refractivity contribution in [3.8, 4) is 0 Å². The second-order valence-corrected chi connectivity index (χ2v) is 4.47. The summed E-state index contributed by atoms with van der Waals surface area (Å²) in [6.07, 6.45) is 2.82. The van der Waals surface area contributed by atoms with E-state index >= 15 is 0 Å². The molecule has 0 saturated carbocycles. The highest BCUT2D eigenvalue weighted by molar-refractivity contribution is 5.99. The number of pyridine rings is 1. The number of ether oxygens (including phenoxy) is 1. The first-order valence-corrected chi connectivity index (χ1v) is 6.47. The fourth-order valence-electron chi connectivity index (χ4n) is 1.98. The van der Waals surface area contributed by atoms with Gasteiger partial charge in [-0.15, -0.1) is 0 Å². The molecule has 0 atom stereocenters. The highest BCUT2D eigenvalue weighted by Crippen LogP contribution is 2.10. The monoisotopic (exact) mass is 296 g/mol. The van der Waals surface area contributed by atoms with Gasteiger partial charge in [-0.2, -0.15) is 0 Å². The van der Waals surface area contributed by atoms with Gasteiger partial charge in [-0.1, -0.05) is 12.1 Å². The normalized spacial score (nSPS) is 10.4. The van der Waals surface area contributed by atoms with Crippen LogP contribution in [0.4, 0.5) is 0 Å². The van der Waals surface area contributed by atoms with E-state index in [-0.39, 0.29) is 11.3 Å². The first kappa shape index (κ1) is 13.7. The molecule has 0 spiro atoms. The Morgan fingerprint density at radius 3 is 2.68 bits per heavy atom. The number of aromatic nitrogens is 3. The first-order chi connectivity index (χ1) is 10.7. The molecular formula is C15H12N4O3. The van der Waals surface area contributed by atoms with Gasteiger partial charge >= 0.3 is 5.97 Å². The molecular weight excluding hydrogens is 284 g/mol. The molecule has 0 aliphatic rings. The highest BCUT2D eigenvalue weighted by Gasteiger charge is 2.11. The van der Waals surface area contributed by atoms with Gasteiger partial charge in [0.05, 0.1) is 23.7 Å². The minimum absolute atomic E-state index is 0.186. The molecule has 22 heavy (non-hydrogen) atoms. The van der Waals surface area contributed by atoms with Crippen molar-refractivity contribution in [2.75, 3.05) is 12.5 Å². The Morgan fingerprint density at radius 2 is 1.95 bits per heavy atom. The van der Waals surface area contributed by atoms with E-state index in [1.165, 1.54) is 36.4 Å². The fraction of sp³-hybridized carbons (Fsp3) is 0.0667. The van der Waals surface area contributed by atoms with Crippen LogP contribution in [0.2, 0.25) is 0 Å². The lowest BCUT2D eigenvalue weighted by molar-refractivity contribution is 0.0600. The molecule has 1 amide bonds. The van der Waals surface area contributed by atoms with Gasteiger partial charge in [-0.25, -0.2) is 14.5 Å². The number of carbonyl (C=O) groups is 2. The minimum atomic E-state index is -0.500. The Labute approximate surface area is 125 Å². The number of para-hydroxylation sites is 2. The number of nitrogens with zero attached hydrogens (tertiary/aromatic N) is 3. The number of benzene rings is 1.